The molecule has 0 aromatic heterocycles. The smallest absolute Gasteiger partial charge is 0.104 e. The quantitative estimate of drug-likeness (QED) is 0.0838. The Labute approximate surface area is 322 Å². The zero-order valence-electron chi connectivity index (χ0n) is 33.0. The van der Waals surface area contributed by atoms with E-state index < -0.39 is 0 Å². The van der Waals surface area contributed by atoms with Gasteiger partial charge in [-0.15, -0.1) is 0 Å². The molecular weight excluding hydrogens is 659 g/mol. The van der Waals surface area contributed by atoms with Gasteiger partial charge < -0.3 is 44.0 Å². The molecule has 0 aliphatic heterocycles. The van der Waals surface area contributed by atoms with Crippen LogP contribution in [0.15, 0.2) is 48.5 Å². The SMILES string of the molecule is CCCCCCCCCCCC[N+](C)(CCO)Cc1ccc(-c2ccc(C[N+](C)(CCO)CCCCCCCCCCCC)cc2)cc1.[Cl-].[Cl-]. The third-order valence-corrected chi connectivity index (χ3v) is 10.8. The summed E-state index contributed by atoms with van der Waals surface area (Å²) >= 11 is 0. The zero-order valence-corrected chi connectivity index (χ0v) is 34.5. The van der Waals surface area contributed by atoms with Crippen molar-refractivity contribution in [2.75, 3.05) is 53.5 Å². The monoisotopic (exact) mass is 737 g/mol. The van der Waals surface area contributed by atoms with Crippen molar-refractivity contribution in [2.45, 2.75) is 155 Å². The van der Waals surface area contributed by atoms with Crippen molar-refractivity contribution in [3.8, 4) is 11.1 Å². The van der Waals surface area contributed by atoms with Gasteiger partial charge in [0.05, 0.1) is 40.4 Å². The minimum atomic E-state index is 0. The van der Waals surface area contributed by atoms with Crippen LogP contribution in [-0.2, 0) is 13.1 Å². The lowest BCUT2D eigenvalue weighted by Crippen LogP contribution is -3.00. The number of hydrogen-bond donors (Lipinski definition) is 2. The summed E-state index contributed by atoms with van der Waals surface area (Å²) in [6, 6.07) is 18.2. The van der Waals surface area contributed by atoms with Gasteiger partial charge >= 0.3 is 0 Å². The molecule has 0 spiro atoms. The molecule has 0 aliphatic rings. The average Bonchev–Trinajstić information content (AvgIpc) is 3.07. The van der Waals surface area contributed by atoms with E-state index in [1.54, 1.807) is 0 Å². The highest BCUT2D eigenvalue weighted by atomic mass is 35.5. The molecule has 2 aromatic rings. The van der Waals surface area contributed by atoms with Crippen molar-refractivity contribution >= 4 is 0 Å². The van der Waals surface area contributed by atoms with Crippen LogP contribution in [0.25, 0.3) is 11.1 Å². The number of quaternary nitrogens is 2. The molecule has 0 saturated heterocycles. The fraction of sp³-hybridized carbons (Fsp3) is 0.727. The van der Waals surface area contributed by atoms with E-state index in [0.717, 1.165) is 48.2 Å². The largest absolute Gasteiger partial charge is 1.00 e. The van der Waals surface area contributed by atoms with Crippen molar-refractivity contribution in [3.05, 3.63) is 59.7 Å². The van der Waals surface area contributed by atoms with E-state index in [0.29, 0.717) is 0 Å². The average molecular weight is 738 g/mol. The molecule has 2 rings (SSSR count). The van der Waals surface area contributed by atoms with Crippen LogP contribution >= 0.6 is 0 Å². The van der Waals surface area contributed by atoms with Crippen LogP contribution in [0.3, 0.4) is 0 Å². The molecule has 50 heavy (non-hydrogen) atoms. The van der Waals surface area contributed by atoms with Gasteiger partial charge in [-0.25, -0.2) is 0 Å². The Kier molecular flexibility index (Phi) is 29.6. The van der Waals surface area contributed by atoms with Crippen LogP contribution in [0, 0.1) is 0 Å². The molecule has 0 amide bonds. The number of hydrogen-bond acceptors (Lipinski definition) is 2. The number of halogens is 2. The Morgan fingerprint density at radius 3 is 0.900 bits per heavy atom. The molecule has 290 valence electrons. The van der Waals surface area contributed by atoms with Gasteiger partial charge in [0.2, 0.25) is 0 Å². The van der Waals surface area contributed by atoms with Crippen molar-refractivity contribution in [3.63, 3.8) is 0 Å². The maximum absolute atomic E-state index is 9.84. The third-order valence-electron chi connectivity index (χ3n) is 10.8. The molecule has 2 aromatic carbocycles. The molecular formula is C44H78Cl2N2O2. The Bertz CT molecular complexity index is 952. The number of unbranched alkanes of at least 4 members (excludes halogenated alkanes) is 18. The molecule has 0 heterocycles. The number of rotatable bonds is 31. The van der Waals surface area contributed by atoms with Gasteiger partial charge in [0.1, 0.15) is 26.2 Å². The topological polar surface area (TPSA) is 40.5 Å². The van der Waals surface area contributed by atoms with Crippen molar-refractivity contribution < 1.29 is 44.0 Å². The summed E-state index contributed by atoms with van der Waals surface area (Å²) in [7, 11) is 4.63. The summed E-state index contributed by atoms with van der Waals surface area (Å²) in [5.74, 6) is 0. The van der Waals surface area contributed by atoms with Gasteiger partial charge in [0.25, 0.3) is 0 Å². The summed E-state index contributed by atoms with van der Waals surface area (Å²) < 4.78 is 1.82. The van der Waals surface area contributed by atoms with Gasteiger partial charge in [-0.05, 0) is 36.8 Å². The first-order chi connectivity index (χ1) is 23.4. The minimum absolute atomic E-state index is 0. The lowest BCUT2D eigenvalue weighted by atomic mass is 10.0. The Morgan fingerprint density at radius 1 is 0.380 bits per heavy atom. The highest BCUT2D eigenvalue weighted by Gasteiger charge is 2.22. The van der Waals surface area contributed by atoms with E-state index in [1.165, 1.54) is 151 Å². The van der Waals surface area contributed by atoms with Crippen LogP contribution in [0.5, 0.6) is 0 Å². The summed E-state index contributed by atoms with van der Waals surface area (Å²) in [6.45, 7) is 10.9. The number of likely N-dealkylation sites (N-methyl/N-ethyl adjacent to an activating group) is 2. The van der Waals surface area contributed by atoms with Crippen LogP contribution in [0.2, 0.25) is 0 Å². The molecule has 0 aliphatic carbocycles. The maximum Gasteiger partial charge on any atom is 0.104 e. The normalized spacial score (nSPS) is 13.6. The Hall–Kier alpha value is -1.14. The molecule has 6 heteroatoms. The van der Waals surface area contributed by atoms with Crippen LogP contribution in [-0.4, -0.2) is 72.7 Å². The predicted molar refractivity (Wildman–Crippen MR) is 209 cm³/mol. The van der Waals surface area contributed by atoms with E-state index in [1.807, 2.05) is 0 Å². The zero-order chi connectivity index (χ0) is 34.8. The summed E-state index contributed by atoms with van der Waals surface area (Å²) in [6.07, 6.45) is 27.2. The first kappa shape index (κ1) is 48.9. The fourth-order valence-corrected chi connectivity index (χ4v) is 7.47. The third kappa shape index (κ3) is 22.0. The highest BCUT2D eigenvalue weighted by Crippen LogP contribution is 2.24. The first-order valence-electron chi connectivity index (χ1n) is 20.4. The number of aliphatic hydroxyl groups excluding tert-OH is 2. The molecule has 2 N–H and O–H groups in total. The van der Waals surface area contributed by atoms with Gasteiger partial charge in [-0.3, -0.25) is 0 Å². The Balaban J connectivity index is 0.0000120. The van der Waals surface area contributed by atoms with E-state index in [-0.39, 0.29) is 38.0 Å². The molecule has 0 radical (unpaired) electrons. The molecule has 0 saturated carbocycles. The minimum Gasteiger partial charge on any atom is -1.00 e. The van der Waals surface area contributed by atoms with E-state index in [9.17, 15) is 10.2 Å². The van der Waals surface area contributed by atoms with Gasteiger partial charge in [-0.1, -0.05) is 165 Å². The molecule has 2 unspecified atom stereocenters. The summed E-state index contributed by atoms with van der Waals surface area (Å²) in [5, 5.41) is 19.7. The lowest BCUT2D eigenvalue weighted by Gasteiger charge is -2.34. The first-order valence-corrected chi connectivity index (χ1v) is 20.4. The summed E-state index contributed by atoms with van der Waals surface area (Å²) in [4.78, 5) is 0. The van der Waals surface area contributed by atoms with Crippen molar-refractivity contribution in [2.24, 2.45) is 0 Å². The van der Waals surface area contributed by atoms with E-state index in [2.05, 4.69) is 76.5 Å². The standard InChI is InChI=1S/C44H78N2O2.2ClH/c1-5-7-9-11-13-15-17-19-21-23-33-45(3,35-37-47)39-41-25-29-43(30-26-41)44-31-27-42(28-32-44)40-46(4,36-38-48)34-24-22-20-18-16-14-12-10-8-6-2;;/h25-32,47-48H,5-24,33-40H2,1-4H3;2*1H/q+2;;/p-2. The van der Waals surface area contributed by atoms with E-state index >= 15 is 0 Å². The van der Waals surface area contributed by atoms with Gasteiger partial charge in [0, 0.05) is 11.1 Å². The highest BCUT2D eigenvalue weighted by molar-refractivity contribution is 5.63. The predicted octanol–water partition coefficient (Wildman–Crippen LogP) is 5.08. The summed E-state index contributed by atoms with van der Waals surface area (Å²) in [5.41, 5.74) is 5.22. The number of aliphatic hydroxyl groups is 2. The molecule has 2 atom stereocenters. The molecule has 4 nitrogen and oxygen atoms in total. The van der Waals surface area contributed by atoms with Crippen LogP contribution < -0.4 is 24.8 Å². The second kappa shape index (κ2) is 30.3. The van der Waals surface area contributed by atoms with Crippen LogP contribution in [0.1, 0.15) is 153 Å². The van der Waals surface area contributed by atoms with Crippen molar-refractivity contribution in [1.82, 2.24) is 0 Å². The number of nitrogens with zero attached hydrogens (tertiary/aromatic N) is 2. The second-order valence-corrected chi connectivity index (χ2v) is 15.7. The van der Waals surface area contributed by atoms with Crippen LogP contribution in [0.4, 0.5) is 0 Å². The second-order valence-electron chi connectivity index (χ2n) is 15.7. The maximum atomic E-state index is 9.84. The van der Waals surface area contributed by atoms with Gasteiger partial charge in [-0.2, -0.15) is 0 Å². The number of benzene rings is 2. The van der Waals surface area contributed by atoms with Crippen molar-refractivity contribution in [1.29, 1.82) is 0 Å². The molecule has 0 fully saturated rings. The Morgan fingerprint density at radius 2 is 0.640 bits per heavy atom. The lowest BCUT2D eigenvalue weighted by molar-refractivity contribution is -0.923. The van der Waals surface area contributed by atoms with Gasteiger partial charge in [0.15, 0.2) is 0 Å². The fourth-order valence-electron chi connectivity index (χ4n) is 7.47. The molecule has 0 bridgehead atoms. The van der Waals surface area contributed by atoms with E-state index in [4.69, 9.17) is 0 Å².